The van der Waals surface area contributed by atoms with Crippen LogP contribution in [0.15, 0.2) is 67.1 Å². The Hall–Kier alpha value is -3.84. The van der Waals surface area contributed by atoms with Crippen LogP contribution in [0.5, 0.6) is 0 Å². The number of piperidine rings is 1. The van der Waals surface area contributed by atoms with Crippen molar-refractivity contribution in [2.75, 3.05) is 19.6 Å². The number of carbonyl (C=O) groups excluding carboxylic acids is 1. The predicted molar refractivity (Wildman–Crippen MR) is 135 cm³/mol. The highest BCUT2D eigenvalue weighted by Gasteiger charge is 2.25. The van der Waals surface area contributed by atoms with Gasteiger partial charge in [0, 0.05) is 48.0 Å². The Morgan fingerprint density at radius 3 is 2.66 bits per heavy atom. The molecule has 6 nitrogen and oxygen atoms in total. The molecule has 176 valence electrons. The van der Waals surface area contributed by atoms with E-state index in [1.807, 2.05) is 42.9 Å². The van der Waals surface area contributed by atoms with Gasteiger partial charge in [0.25, 0.3) is 0 Å². The van der Waals surface area contributed by atoms with Crippen molar-refractivity contribution in [2.45, 2.75) is 25.8 Å². The molecule has 1 aliphatic heterocycles. The van der Waals surface area contributed by atoms with Crippen LogP contribution in [0, 0.1) is 12.7 Å². The van der Waals surface area contributed by atoms with E-state index in [2.05, 4.69) is 31.3 Å². The normalized spacial score (nSPS) is 15.3. The minimum absolute atomic E-state index is 0.125. The highest BCUT2D eigenvalue weighted by atomic mass is 19.1. The third kappa shape index (κ3) is 4.02. The monoisotopic (exact) mass is 467 g/mol. The van der Waals surface area contributed by atoms with Crippen LogP contribution >= 0.6 is 0 Å². The van der Waals surface area contributed by atoms with E-state index in [4.69, 9.17) is 0 Å². The Morgan fingerprint density at radius 2 is 1.86 bits per heavy atom. The molecule has 3 aromatic heterocycles. The van der Waals surface area contributed by atoms with Gasteiger partial charge in [-0.1, -0.05) is 24.3 Å². The highest BCUT2D eigenvalue weighted by Crippen LogP contribution is 2.30. The number of aryl methyl sites for hydroxylation is 1. The number of ketones is 1. The zero-order chi connectivity index (χ0) is 23.9. The molecule has 1 aliphatic rings. The van der Waals surface area contributed by atoms with Crippen molar-refractivity contribution in [1.29, 1.82) is 0 Å². The Balaban J connectivity index is 1.14. The number of fused-ring (bicyclic) bond motifs is 2. The number of aromatic nitrogens is 4. The van der Waals surface area contributed by atoms with Crippen molar-refractivity contribution in [2.24, 2.45) is 0 Å². The number of halogens is 1. The number of hydrogen-bond acceptors (Lipinski definition) is 4. The first-order valence-electron chi connectivity index (χ1n) is 12.0. The van der Waals surface area contributed by atoms with E-state index in [0.717, 1.165) is 70.4 Å². The van der Waals surface area contributed by atoms with Gasteiger partial charge < -0.3 is 9.55 Å². The van der Waals surface area contributed by atoms with Crippen LogP contribution in [0.2, 0.25) is 0 Å². The lowest BCUT2D eigenvalue weighted by Crippen LogP contribution is -2.38. The van der Waals surface area contributed by atoms with Gasteiger partial charge in [0.1, 0.15) is 17.2 Å². The van der Waals surface area contributed by atoms with E-state index >= 15 is 0 Å². The summed E-state index contributed by atoms with van der Waals surface area (Å²) in [6, 6.07) is 14.8. The van der Waals surface area contributed by atoms with Crippen molar-refractivity contribution in [3.63, 3.8) is 0 Å². The maximum atomic E-state index is 13.3. The number of rotatable bonds is 5. The van der Waals surface area contributed by atoms with Gasteiger partial charge in [-0.05, 0) is 55.2 Å². The zero-order valence-corrected chi connectivity index (χ0v) is 19.5. The summed E-state index contributed by atoms with van der Waals surface area (Å²) in [5.74, 6) is 0.887. The van der Waals surface area contributed by atoms with Crippen LogP contribution in [0.1, 0.15) is 35.1 Å². The summed E-state index contributed by atoms with van der Waals surface area (Å²) in [4.78, 5) is 27.5. The van der Waals surface area contributed by atoms with Gasteiger partial charge in [-0.2, -0.15) is 0 Å². The SMILES string of the molecule is Cc1nc2cnccc2n1C1CCN(CC(=O)c2c[nH]c3cc(-c4ccc(F)cc4)ccc23)CC1. The summed E-state index contributed by atoms with van der Waals surface area (Å²) in [6.07, 6.45) is 7.41. The van der Waals surface area contributed by atoms with E-state index in [-0.39, 0.29) is 11.6 Å². The molecule has 0 aliphatic carbocycles. The summed E-state index contributed by atoms with van der Waals surface area (Å²) < 4.78 is 15.6. The van der Waals surface area contributed by atoms with Crippen LogP contribution in [0.25, 0.3) is 33.1 Å². The zero-order valence-electron chi connectivity index (χ0n) is 19.5. The van der Waals surface area contributed by atoms with Gasteiger partial charge in [-0.15, -0.1) is 0 Å². The minimum atomic E-state index is -0.252. The summed E-state index contributed by atoms with van der Waals surface area (Å²) in [5, 5.41) is 0.921. The summed E-state index contributed by atoms with van der Waals surface area (Å²) in [5.41, 5.74) is 5.62. The third-order valence-corrected chi connectivity index (χ3v) is 7.12. The lowest BCUT2D eigenvalue weighted by atomic mass is 10.0. The maximum absolute atomic E-state index is 13.3. The fraction of sp³-hybridized carbons (Fsp3) is 0.250. The lowest BCUT2D eigenvalue weighted by molar-refractivity contribution is 0.0900. The first kappa shape index (κ1) is 21.7. The van der Waals surface area contributed by atoms with Crippen molar-refractivity contribution in [3.8, 4) is 11.1 Å². The van der Waals surface area contributed by atoms with E-state index < -0.39 is 0 Å². The van der Waals surface area contributed by atoms with Gasteiger partial charge in [0.05, 0.1) is 18.3 Å². The van der Waals surface area contributed by atoms with E-state index in [1.165, 1.54) is 12.1 Å². The molecule has 4 heterocycles. The smallest absolute Gasteiger partial charge is 0.178 e. The fourth-order valence-electron chi connectivity index (χ4n) is 5.33. The first-order chi connectivity index (χ1) is 17.1. The summed E-state index contributed by atoms with van der Waals surface area (Å²) in [6.45, 7) is 4.21. The van der Waals surface area contributed by atoms with E-state index in [1.54, 1.807) is 12.1 Å². The molecule has 0 unspecified atom stereocenters. The predicted octanol–water partition coefficient (Wildman–Crippen LogP) is 5.55. The molecule has 0 spiro atoms. The van der Waals surface area contributed by atoms with Gasteiger partial charge in [0.2, 0.25) is 0 Å². The quantitative estimate of drug-likeness (QED) is 0.344. The van der Waals surface area contributed by atoms with Gasteiger partial charge in [-0.3, -0.25) is 14.7 Å². The second-order valence-electron chi connectivity index (χ2n) is 9.29. The second-order valence-corrected chi connectivity index (χ2v) is 9.29. The molecule has 0 radical (unpaired) electrons. The van der Waals surface area contributed by atoms with Crippen molar-refractivity contribution in [3.05, 3.63) is 84.3 Å². The Kier molecular flexibility index (Phi) is 5.41. The minimum Gasteiger partial charge on any atom is -0.360 e. The van der Waals surface area contributed by atoms with Crippen molar-refractivity contribution < 1.29 is 9.18 Å². The number of Topliss-reactive ketones (excluding diaryl/α,β-unsaturated/α-hetero) is 1. The standard InChI is InChI=1S/C28H26FN5O/c1-18-32-26-16-30-11-8-27(26)34(18)22-9-12-33(13-10-22)17-28(35)24-15-31-25-14-20(4-7-23(24)25)19-2-5-21(29)6-3-19/h2-8,11,14-16,22,31H,9-10,12-13,17H2,1H3. The second kappa shape index (κ2) is 8.74. The summed E-state index contributed by atoms with van der Waals surface area (Å²) in [7, 11) is 0. The topological polar surface area (TPSA) is 66.8 Å². The van der Waals surface area contributed by atoms with Crippen molar-refractivity contribution >= 4 is 27.7 Å². The molecule has 0 atom stereocenters. The molecule has 0 bridgehead atoms. The van der Waals surface area contributed by atoms with Crippen LogP contribution in [-0.4, -0.2) is 49.8 Å². The molecular weight excluding hydrogens is 441 g/mol. The number of pyridine rings is 1. The molecule has 6 rings (SSSR count). The number of likely N-dealkylation sites (tertiary alicyclic amines) is 1. The number of benzene rings is 2. The largest absolute Gasteiger partial charge is 0.360 e. The first-order valence-corrected chi connectivity index (χ1v) is 12.0. The molecule has 0 saturated carbocycles. The van der Waals surface area contributed by atoms with Crippen LogP contribution in [-0.2, 0) is 0 Å². The number of hydrogen-bond donors (Lipinski definition) is 1. The van der Waals surface area contributed by atoms with Gasteiger partial charge >= 0.3 is 0 Å². The molecular formula is C28H26FN5O. The average molecular weight is 468 g/mol. The number of aromatic amines is 1. The number of imidazole rings is 1. The molecule has 7 heteroatoms. The van der Waals surface area contributed by atoms with Gasteiger partial charge in [-0.25, -0.2) is 9.37 Å². The average Bonchev–Trinajstić information content (AvgIpc) is 3.45. The third-order valence-electron chi connectivity index (χ3n) is 7.12. The van der Waals surface area contributed by atoms with Crippen LogP contribution in [0.3, 0.4) is 0 Å². The number of carbonyl (C=O) groups is 1. The molecule has 35 heavy (non-hydrogen) atoms. The summed E-state index contributed by atoms with van der Waals surface area (Å²) >= 11 is 0. The maximum Gasteiger partial charge on any atom is 0.178 e. The number of nitrogens with zero attached hydrogens (tertiary/aromatic N) is 4. The van der Waals surface area contributed by atoms with E-state index in [9.17, 15) is 9.18 Å². The number of H-pyrrole nitrogens is 1. The number of nitrogens with one attached hydrogen (secondary N) is 1. The van der Waals surface area contributed by atoms with Crippen molar-refractivity contribution in [1.82, 2.24) is 24.4 Å². The molecule has 2 aromatic carbocycles. The molecule has 0 amide bonds. The van der Waals surface area contributed by atoms with Crippen LogP contribution < -0.4 is 0 Å². The molecule has 5 aromatic rings. The molecule has 1 N–H and O–H groups in total. The Morgan fingerprint density at radius 1 is 1.09 bits per heavy atom. The Bertz CT molecular complexity index is 1530. The molecule has 1 fully saturated rings. The van der Waals surface area contributed by atoms with Crippen LogP contribution in [0.4, 0.5) is 4.39 Å². The lowest BCUT2D eigenvalue weighted by Gasteiger charge is -2.33. The fourth-order valence-corrected chi connectivity index (χ4v) is 5.33. The van der Waals surface area contributed by atoms with Gasteiger partial charge in [0.15, 0.2) is 5.78 Å². The molecule has 1 saturated heterocycles. The Labute approximate surface area is 202 Å². The van der Waals surface area contributed by atoms with E-state index in [0.29, 0.717) is 12.6 Å². The highest BCUT2D eigenvalue weighted by molar-refractivity contribution is 6.09.